The number of ether oxygens (including phenoxy) is 2. The SMILES string of the molecule is COc1cc(CNCC(=O)O)c(OC)c(C)c1C. The molecule has 0 aliphatic heterocycles. The van der Waals surface area contributed by atoms with Gasteiger partial charge in [-0.05, 0) is 31.0 Å². The van der Waals surface area contributed by atoms with Crippen LogP contribution < -0.4 is 14.8 Å². The summed E-state index contributed by atoms with van der Waals surface area (Å²) in [5.74, 6) is 0.663. The maximum absolute atomic E-state index is 10.5. The van der Waals surface area contributed by atoms with Gasteiger partial charge in [-0.1, -0.05) is 0 Å². The Bertz CT molecular complexity index is 443. The molecule has 0 spiro atoms. The third-order valence-corrected chi connectivity index (χ3v) is 2.89. The average Bonchev–Trinajstić information content (AvgIpc) is 2.33. The van der Waals surface area contributed by atoms with Crippen LogP contribution in [0.5, 0.6) is 11.5 Å². The Morgan fingerprint density at radius 1 is 1.28 bits per heavy atom. The first-order valence-corrected chi connectivity index (χ1v) is 5.64. The second-order valence-corrected chi connectivity index (χ2v) is 4.02. The van der Waals surface area contributed by atoms with Crippen LogP contribution >= 0.6 is 0 Å². The summed E-state index contributed by atoms with van der Waals surface area (Å²) in [6, 6.07) is 1.87. The average molecular weight is 253 g/mol. The summed E-state index contributed by atoms with van der Waals surface area (Å²) in [5.41, 5.74) is 2.92. The highest BCUT2D eigenvalue weighted by atomic mass is 16.5. The first-order valence-electron chi connectivity index (χ1n) is 5.64. The van der Waals surface area contributed by atoms with Crippen LogP contribution in [0.25, 0.3) is 0 Å². The Kier molecular flexibility index (Phi) is 4.97. The van der Waals surface area contributed by atoms with Crippen LogP contribution in [0.3, 0.4) is 0 Å². The highest BCUT2D eigenvalue weighted by molar-refractivity contribution is 5.69. The van der Waals surface area contributed by atoms with Gasteiger partial charge in [-0.25, -0.2) is 0 Å². The molecule has 0 saturated carbocycles. The number of carboxylic acid groups (broad SMARTS) is 1. The first kappa shape index (κ1) is 14.3. The molecule has 5 nitrogen and oxygen atoms in total. The Morgan fingerprint density at radius 3 is 2.44 bits per heavy atom. The van der Waals surface area contributed by atoms with E-state index in [2.05, 4.69) is 5.32 Å². The molecule has 2 N–H and O–H groups in total. The Morgan fingerprint density at radius 2 is 1.94 bits per heavy atom. The zero-order valence-corrected chi connectivity index (χ0v) is 11.2. The summed E-state index contributed by atoms with van der Waals surface area (Å²) in [7, 11) is 3.22. The van der Waals surface area contributed by atoms with Crippen LogP contribution in [0, 0.1) is 13.8 Å². The minimum absolute atomic E-state index is 0.0849. The number of nitrogens with one attached hydrogen (secondary N) is 1. The van der Waals surface area contributed by atoms with E-state index in [1.165, 1.54) is 0 Å². The minimum Gasteiger partial charge on any atom is -0.496 e. The highest BCUT2D eigenvalue weighted by Gasteiger charge is 2.13. The topological polar surface area (TPSA) is 67.8 Å². The first-order chi connectivity index (χ1) is 8.51. The van der Waals surface area contributed by atoms with Gasteiger partial charge in [0, 0.05) is 12.1 Å². The summed E-state index contributed by atoms with van der Waals surface area (Å²) in [5, 5.41) is 11.4. The molecule has 0 aromatic heterocycles. The molecule has 100 valence electrons. The molecule has 0 bridgehead atoms. The fraction of sp³-hybridized carbons (Fsp3) is 0.462. The van der Waals surface area contributed by atoms with Crippen LogP contribution in [0.15, 0.2) is 6.07 Å². The van der Waals surface area contributed by atoms with E-state index in [9.17, 15) is 4.79 Å². The van der Waals surface area contributed by atoms with Crippen molar-refractivity contribution in [1.29, 1.82) is 0 Å². The van der Waals surface area contributed by atoms with E-state index in [1.54, 1.807) is 14.2 Å². The molecule has 0 fully saturated rings. The number of carbonyl (C=O) groups is 1. The normalized spacial score (nSPS) is 10.2. The van der Waals surface area contributed by atoms with Crippen molar-refractivity contribution in [2.45, 2.75) is 20.4 Å². The van der Waals surface area contributed by atoms with Gasteiger partial charge in [0.05, 0.1) is 20.8 Å². The Hall–Kier alpha value is -1.75. The van der Waals surface area contributed by atoms with Crippen molar-refractivity contribution in [3.05, 3.63) is 22.8 Å². The number of carboxylic acids is 1. The Balaban J connectivity index is 3.01. The van der Waals surface area contributed by atoms with Gasteiger partial charge in [-0.2, -0.15) is 0 Å². The maximum Gasteiger partial charge on any atom is 0.317 e. The molecule has 0 heterocycles. The zero-order chi connectivity index (χ0) is 13.7. The lowest BCUT2D eigenvalue weighted by molar-refractivity contribution is -0.135. The number of hydrogen-bond acceptors (Lipinski definition) is 4. The summed E-state index contributed by atoms with van der Waals surface area (Å²) in [6.45, 7) is 4.26. The van der Waals surface area contributed by atoms with Crippen molar-refractivity contribution in [1.82, 2.24) is 5.32 Å². The van der Waals surface area contributed by atoms with E-state index in [0.29, 0.717) is 6.54 Å². The van der Waals surface area contributed by atoms with Gasteiger partial charge in [0.1, 0.15) is 11.5 Å². The smallest absolute Gasteiger partial charge is 0.317 e. The number of rotatable bonds is 6. The third kappa shape index (κ3) is 3.13. The number of aliphatic carboxylic acids is 1. The largest absolute Gasteiger partial charge is 0.496 e. The summed E-state index contributed by atoms with van der Waals surface area (Å²) in [4.78, 5) is 10.5. The molecule has 0 unspecified atom stereocenters. The molecular formula is C13H19NO4. The molecule has 1 aromatic rings. The van der Waals surface area contributed by atoms with Crippen LogP contribution in [-0.4, -0.2) is 31.8 Å². The van der Waals surface area contributed by atoms with Crippen molar-refractivity contribution >= 4 is 5.97 Å². The molecule has 0 aliphatic carbocycles. The van der Waals surface area contributed by atoms with Gasteiger partial charge in [-0.15, -0.1) is 0 Å². The molecule has 1 aromatic carbocycles. The highest BCUT2D eigenvalue weighted by Crippen LogP contribution is 2.33. The van der Waals surface area contributed by atoms with Gasteiger partial charge in [0.25, 0.3) is 0 Å². The van der Waals surface area contributed by atoms with Crippen LogP contribution in [-0.2, 0) is 11.3 Å². The molecule has 1 rings (SSSR count). The van der Waals surface area contributed by atoms with E-state index in [1.807, 2.05) is 19.9 Å². The maximum atomic E-state index is 10.5. The number of hydrogen-bond donors (Lipinski definition) is 2. The van der Waals surface area contributed by atoms with Crippen molar-refractivity contribution in [2.75, 3.05) is 20.8 Å². The van der Waals surface area contributed by atoms with Crippen LogP contribution in [0.4, 0.5) is 0 Å². The second kappa shape index (κ2) is 6.26. The lowest BCUT2D eigenvalue weighted by atomic mass is 10.0. The molecule has 0 saturated heterocycles. The second-order valence-electron chi connectivity index (χ2n) is 4.02. The Labute approximate surface area is 107 Å². The summed E-state index contributed by atoms with van der Waals surface area (Å²) < 4.78 is 10.7. The zero-order valence-electron chi connectivity index (χ0n) is 11.2. The van der Waals surface area contributed by atoms with Gasteiger partial charge < -0.3 is 19.9 Å². The van der Waals surface area contributed by atoms with Crippen molar-refractivity contribution in [2.24, 2.45) is 0 Å². The van der Waals surface area contributed by atoms with E-state index in [4.69, 9.17) is 14.6 Å². The van der Waals surface area contributed by atoms with Gasteiger partial charge >= 0.3 is 5.97 Å². The molecule has 0 amide bonds. The predicted molar refractivity (Wildman–Crippen MR) is 68.4 cm³/mol. The monoisotopic (exact) mass is 253 g/mol. The minimum atomic E-state index is -0.884. The lowest BCUT2D eigenvalue weighted by Gasteiger charge is -2.16. The van der Waals surface area contributed by atoms with E-state index >= 15 is 0 Å². The lowest BCUT2D eigenvalue weighted by Crippen LogP contribution is -2.22. The molecular weight excluding hydrogens is 234 g/mol. The van der Waals surface area contributed by atoms with E-state index in [0.717, 1.165) is 28.2 Å². The quantitative estimate of drug-likeness (QED) is 0.804. The van der Waals surface area contributed by atoms with E-state index < -0.39 is 5.97 Å². The van der Waals surface area contributed by atoms with Gasteiger partial charge in [0.2, 0.25) is 0 Å². The molecule has 5 heteroatoms. The summed E-state index contributed by atoms with van der Waals surface area (Å²) >= 11 is 0. The molecule has 18 heavy (non-hydrogen) atoms. The van der Waals surface area contributed by atoms with Gasteiger partial charge in [0.15, 0.2) is 0 Å². The molecule has 0 radical (unpaired) electrons. The summed E-state index contributed by atoms with van der Waals surface area (Å²) in [6.07, 6.45) is 0. The van der Waals surface area contributed by atoms with E-state index in [-0.39, 0.29) is 6.54 Å². The predicted octanol–water partition coefficient (Wildman–Crippen LogP) is 1.49. The van der Waals surface area contributed by atoms with Gasteiger partial charge in [-0.3, -0.25) is 4.79 Å². The van der Waals surface area contributed by atoms with Crippen molar-refractivity contribution < 1.29 is 19.4 Å². The fourth-order valence-electron chi connectivity index (χ4n) is 1.86. The molecule has 0 aliphatic rings. The van der Waals surface area contributed by atoms with Crippen molar-refractivity contribution in [3.8, 4) is 11.5 Å². The van der Waals surface area contributed by atoms with Crippen molar-refractivity contribution in [3.63, 3.8) is 0 Å². The third-order valence-electron chi connectivity index (χ3n) is 2.89. The molecule has 0 atom stereocenters. The number of benzene rings is 1. The van der Waals surface area contributed by atoms with Crippen LogP contribution in [0.2, 0.25) is 0 Å². The standard InChI is InChI=1S/C13H19NO4/c1-8-9(2)13(18-4)10(5-11(8)17-3)6-14-7-12(15)16/h5,14H,6-7H2,1-4H3,(H,15,16). The van der Waals surface area contributed by atoms with Crippen LogP contribution in [0.1, 0.15) is 16.7 Å². The number of methoxy groups -OCH3 is 2. The fourth-order valence-corrected chi connectivity index (χ4v) is 1.86.